The van der Waals surface area contributed by atoms with Crippen molar-refractivity contribution >= 4 is 33.2 Å². The second kappa shape index (κ2) is 7.59. The summed E-state index contributed by atoms with van der Waals surface area (Å²) in [5.41, 5.74) is -0.0368. The normalized spacial score (nSPS) is 15.5. The SMILES string of the molecule is O=C(c1cccnc1Cl)N1CCN(S(=O)(=O)c2cccc([N+](=O)[O-])c2)CC1. The Kier molecular flexibility index (Phi) is 5.40. The molecule has 9 nitrogen and oxygen atoms in total. The van der Waals surface area contributed by atoms with Crippen LogP contribution in [0.15, 0.2) is 47.5 Å². The van der Waals surface area contributed by atoms with Crippen LogP contribution in [0.1, 0.15) is 10.4 Å². The number of benzene rings is 1. The Morgan fingerprint density at radius 1 is 1.15 bits per heavy atom. The number of carbonyl (C=O) groups is 1. The van der Waals surface area contributed by atoms with E-state index in [0.717, 1.165) is 6.07 Å². The molecule has 1 aromatic heterocycles. The Hall–Kier alpha value is -2.56. The topological polar surface area (TPSA) is 114 Å². The predicted octanol–water partition coefficient (Wildman–Crippen LogP) is 1.79. The summed E-state index contributed by atoms with van der Waals surface area (Å²) >= 11 is 5.94. The van der Waals surface area contributed by atoms with Crippen LogP contribution in [0.4, 0.5) is 5.69 Å². The first-order chi connectivity index (χ1) is 12.8. The highest BCUT2D eigenvalue weighted by Gasteiger charge is 2.31. The van der Waals surface area contributed by atoms with E-state index in [4.69, 9.17) is 11.6 Å². The van der Waals surface area contributed by atoms with Gasteiger partial charge in [0, 0.05) is 44.5 Å². The number of rotatable bonds is 4. The Labute approximate surface area is 160 Å². The van der Waals surface area contributed by atoms with Gasteiger partial charge in [-0.05, 0) is 18.2 Å². The third-order valence-corrected chi connectivity index (χ3v) is 6.38. The number of pyridine rings is 1. The zero-order chi connectivity index (χ0) is 19.6. The second-order valence-corrected chi connectivity index (χ2v) is 8.09. The predicted molar refractivity (Wildman–Crippen MR) is 97.0 cm³/mol. The molecule has 0 unspecified atom stereocenters. The van der Waals surface area contributed by atoms with Crippen LogP contribution in [0.25, 0.3) is 0 Å². The van der Waals surface area contributed by atoms with Crippen LogP contribution in [0, 0.1) is 10.1 Å². The van der Waals surface area contributed by atoms with Crippen molar-refractivity contribution in [2.45, 2.75) is 4.90 Å². The maximum Gasteiger partial charge on any atom is 0.270 e. The maximum atomic E-state index is 12.7. The van der Waals surface area contributed by atoms with E-state index < -0.39 is 14.9 Å². The standard InChI is InChI=1S/C16H15ClN4O5S/c17-15-14(5-2-6-18-15)16(22)19-7-9-20(10-8-19)27(25,26)13-4-1-3-12(11-13)21(23)24/h1-6,11H,7-10H2. The summed E-state index contributed by atoms with van der Waals surface area (Å²) in [5, 5.41) is 11.0. The first-order valence-electron chi connectivity index (χ1n) is 7.95. The molecular weight excluding hydrogens is 396 g/mol. The van der Waals surface area contributed by atoms with Crippen LogP contribution in [-0.4, -0.2) is 59.6 Å². The first-order valence-corrected chi connectivity index (χ1v) is 9.77. The molecule has 0 N–H and O–H groups in total. The quantitative estimate of drug-likeness (QED) is 0.431. The van der Waals surface area contributed by atoms with Crippen LogP contribution in [-0.2, 0) is 10.0 Å². The molecule has 1 fully saturated rings. The van der Waals surface area contributed by atoms with Crippen LogP contribution in [0.5, 0.6) is 0 Å². The van der Waals surface area contributed by atoms with Crippen molar-refractivity contribution in [2.75, 3.05) is 26.2 Å². The van der Waals surface area contributed by atoms with Crippen LogP contribution in [0.3, 0.4) is 0 Å². The van der Waals surface area contributed by atoms with E-state index >= 15 is 0 Å². The van der Waals surface area contributed by atoms with Crippen molar-refractivity contribution < 1.29 is 18.1 Å². The van der Waals surface area contributed by atoms with Gasteiger partial charge in [0.2, 0.25) is 10.0 Å². The molecule has 3 rings (SSSR count). The summed E-state index contributed by atoms with van der Waals surface area (Å²) in [6, 6.07) is 8.06. The van der Waals surface area contributed by atoms with Crippen molar-refractivity contribution in [3.63, 3.8) is 0 Å². The van der Waals surface area contributed by atoms with E-state index in [0.29, 0.717) is 0 Å². The molecule has 1 amide bonds. The van der Waals surface area contributed by atoms with Gasteiger partial charge in [0.15, 0.2) is 0 Å². The number of hydrogen-bond donors (Lipinski definition) is 0. The fourth-order valence-electron chi connectivity index (χ4n) is 2.75. The highest BCUT2D eigenvalue weighted by atomic mass is 35.5. The summed E-state index contributed by atoms with van der Waals surface area (Å²) in [7, 11) is -3.89. The highest BCUT2D eigenvalue weighted by molar-refractivity contribution is 7.89. The number of piperazine rings is 1. The van der Waals surface area contributed by atoms with Gasteiger partial charge in [-0.2, -0.15) is 4.31 Å². The third-order valence-electron chi connectivity index (χ3n) is 4.18. The lowest BCUT2D eigenvalue weighted by Crippen LogP contribution is -2.50. The number of hydrogen-bond acceptors (Lipinski definition) is 6. The van der Waals surface area contributed by atoms with Crippen LogP contribution < -0.4 is 0 Å². The largest absolute Gasteiger partial charge is 0.336 e. The number of nitrogens with zero attached hydrogens (tertiary/aromatic N) is 4. The Balaban J connectivity index is 1.73. The van der Waals surface area contributed by atoms with Crippen molar-refractivity contribution in [3.05, 3.63) is 63.4 Å². The lowest BCUT2D eigenvalue weighted by molar-refractivity contribution is -0.385. The molecule has 1 aliphatic heterocycles. The third kappa shape index (κ3) is 3.92. The first kappa shape index (κ1) is 19.2. The van der Waals surface area contributed by atoms with Gasteiger partial charge in [-0.25, -0.2) is 13.4 Å². The molecule has 0 atom stereocenters. The fraction of sp³-hybridized carbons (Fsp3) is 0.250. The molecule has 0 bridgehead atoms. The maximum absolute atomic E-state index is 12.7. The number of halogens is 1. The van der Waals surface area contributed by atoms with Gasteiger partial charge >= 0.3 is 0 Å². The van der Waals surface area contributed by atoms with Crippen LogP contribution in [0.2, 0.25) is 5.15 Å². The average Bonchev–Trinajstić information content (AvgIpc) is 2.68. The lowest BCUT2D eigenvalue weighted by atomic mass is 10.2. The smallest absolute Gasteiger partial charge is 0.270 e. The molecule has 1 saturated heterocycles. The molecule has 2 aromatic rings. The minimum absolute atomic E-state index is 0.0780. The van der Waals surface area contributed by atoms with Gasteiger partial charge in [-0.1, -0.05) is 17.7 Å². The zero-order valence-electron chi connectivity index (χ0n) is 14.0. The molecule has 0 aliphatic carbocycles. The molecule has 0 spiro atoms. The van der Waals surface area contributed by atoms with Gasteiger partial charge in [0.25, 0.3) is 11.6 Å². The second-order valence-electron chi connectivity index (χ2n) is 5.79. The molecule has 0 saturated carbocycles. The van der Waals surface area contributed by atoms with Crippen molar-refractivity contribution in [1.82, 2.24) is 14.2 Å². The van der Waals surface area contributed by atoms with Gasteiger partial charge in [0.1, 0.15) is 5.15 Å². The van der Waals surface area contributed by atoms with Crippen molar-refractivity contribution in [3.8, 4) is 0 Å². The Morgan fingerprint density at radius 3 is 2.48 bits per heavy atom. The summed E-state index contributed by atoms with van der Waals surface area (Å²) in [6.45, 7) is 0.514. The summed E-state index contributed by atoms with van der Waals surface area (Å²) in [6.07, 6.45) is 1.47. The van der Waals surface area contributed by atoms with E-state index in [1.807, 2.05) is 0 Å². The van der Waals surface area contributed by atoms with E-state index in [1.54, 1.807) is 12.1 Å². The van der Waals surface area contributed by atoms with E-state index in [9.17, 15) is 23.3 Å². The molecule has 27 heavy (non-hydrogen) atoms. The number of non-ortho nitro benzene ring substituents is 1. The molecule has 142 valence electrons. The highest BCUT2D eigenvalue weighted by Crippen LogP contribution is 2.23. The molecule has 0 radical (unpaired) electrons. The van der Waals surface area contributed by atoms with E-state index in [1.165, 1.54) is 33.6 Å². The van der Waals surface area contributed by atoms with Crippen LogP contribution >= 0.6 is 11.6 Å². The minimum atomic E-state index is -3.89. The molecule has 1 aliphatic rings. The Morgan fingerprint density at radius 2 is 1.85 bits per heavy atom. The Bertz CT molecular complexity index is 990. The van der Waals surface area contributed by atoms with E-state index in [2.05, 4.69) is 4.98 Å². The van der Waals surface area contributed by atoms with Crippen molar-refractivity contribution in [2.24, 2.45) is 0 Å². The van der Waals surface area contributed by atoms with Gasteiger partial charge < -0.3 is 4.90 Å². The molecular formula is C16H15ClN4O5S. The molecule has 2 heterocycles. The van der Waals surface area contributed by atoms with Crippen molar-refractivity contribution in [1.29, 1.82) is 0 Å². The number of nitro benzene ring substituents is 1. The van der Waals surface area contributed by atoms with E-state index in [-0.39, 0.29) is 53.4 Å². The summed E-state index contributed by atoms with van der Waals surface area (Å²) in [5.74, 6) is -0.319. The minimum Gasteiger partial charge on any atom is -0.336 e. The lowest BCUT2D eigenvalue weighted by Gasteiger charge is -2.34. The van der Waals surface area contributed by atoms with Gasteiger partial charge in [-0.3, -0.25) is 14.9 Å². The summed E-state index contributed by atoms with van der Waals surface area (Å²) < 4.78 is 26.7. The number of sulfonamides is 1. The fourth-order valence-corrected chi connectivity index (χ4v) is 4.42. The average molecular weight is 411 g/mol. The summed E-state index contributed by atoms with van der Waals surface area (Å²) in [4.78, 5) is 28.0. The number of nitro groups is 1. The monoisotopic (exact) mass is 410 g/mol. The number of carbonyl (C=O) groups excluding carboxylic acids is 1. The number of amides is 1. The number of aromatic nitrogens is 1. The van der Waals surface area contributed by atoms with Gasteiger partial charge in [-0.15, -0.1) is 0 Å². The zero-order valence-corrected chi connectivity index (χ0v) is 15.6. The van der Waals surface area contributed by atoms with Gasteiger partial charge in [0.05, 0.1) is 15.4 Å². The molecule has 11 heteroatoms. The molecule has 1 aromatic carbocycles.